The molecule has 0 amide bonds. The number of ether oxygens (including phenoxy) is 3. The lowest BCUT2D eigenvalue weighted by molar-refractivity contribution is -0.00562. The van der Waals surface area contributed by atoms with E-state index in [1.165, 1.54) is 18.2 Å². The molecule has 3 aliphatic rings. The molecular weight excluding hydrogens is 828 g/mol. The van der Waals surface area contributed by atoms with Crippen LogP contribution < -0.4 is 14.2 Å². The van der Waals surface area contributed by atoms with Crippen LogP contribution in [-0.4, -0.2) is 94.9 Å². The fourth-order valence-corrected chi connectivity index (χ4v) is 8.94. The van der Waals surface area contributed by atoms with E-state index in [-0.39, 0.29) is 62.4 Å². The first kappa shape index (κ1) is 40.6. The molecule has 0 spiro atoms. The first-order chi connectivity index (χ1) is 29.9. The van der Waals surface area contributed by atoms with Gasteiger partial charge in [0, 0.05) is 58.5 Å². The lowest BCUT2D eigenvalue weighted by Gasteiger charge is -2.43. The number of aromatic hydroxyl groups is 12. The minimum Gasteiger partial charge on any atom is -0.508 e. The van der Waals surface area contributed by atoms with Crippen LogP contribution in [0.3, 0.4) is 0 Å². The molecule has 8 atom stereocenters. The van der Waals surface area contributed by atoms with Gasteiger partial charge < -0.3 is 90.8 Å². The van der Waals surface area contributed by atoms with E-state index in [0.29, 0.717) is 0 Å². The van der Waals surface area contributed by atoms with Crippen molar-refractivity contribution < 1.29 is 90.8 Å². The largest absolute Gasteiger partial charge is 0.508 e. The van der Waals surface area contributed by atoms with Gasteiger partial charge in [-0.05, 0) is 53.1 Å². The van der Waals surface area contributed by atoms with Crippen LogP contribution in [0.4, 0.5) is 0 Å². The molecule has 3 aliphatic heterocycles. The van der Waals surface area contributed by atoms with Crippen LogP contribution in [-0.2, 0) is 6.42 Å². The Bertz CT molecular complexity index is 2840. The highest BCUT2D eigenvalue weighted by molar-refractivity contribution is 5.70. The Morgan fingerprint density at radius 1 is 0.365 bits per heavy atom. The van der Waals surface area contributed by atoms with Gasteiger partial charge in [-0.25, -0.2) is 0 Å². The maximum Gasteiger partial charge on any atom is 0.157 e. The van der Waals surface area contributed by atoms with Crippen molar-refractivity contribution in [2.45, 2.75) is 54.9 Å². The maximum absolute atomic E-state index is 12.5. The second-order valence-electron chi connectivity index (χ2n) is 15.7. The molecule has 0 fully saturated rings. The van der Waals surface area contributed by atoms with E-state index in [2.05, 4.69) is 0 Å². The first-order valence-electron chi connectivity index (χ1n) is 19.3. The van der Waals surface area contributed by atoms with Crippen molar-refractivity contribution in [2.75, 3.05) is 0 Å². The van der Waals surface area contributed by atoms with Gasteiger partial charge in [0.15, 0.2) is 46.7 Å². The fraction of sp³-hybridized carbons (Fsp3) is 0.200. The van der Waals surface area contributed by atoms with Crippen molar-refractivity contribution >= 4 is 0 Å². The average molecular weight is 867 g/mol. The zero-order chi connectivity index (χ0) is 44.9. The van der Waals surface area contributed by atoms with Crippen LogP contribution in [0.1, 0.15) is 74.7 Å². The smallest absolute Gasteiger partial charge is 0.157 e. The molecule has 326 valence electrons. The molecule has 3 unspecified atom stereocenters. The lowest BCUT2D eigenvalue weighted by Crippen LogP contribution is -2.39. The molecule has 0 saturated heterocycles. The maximum atomic E-state index is 12.5. The van der Waals surface area contributed by atoms with E-state index in [1.54, 1.807) is 0 Å². The van der Waals surface area contributed by atoms with E-state index in [4.69, 9.17) is 14.2 Å². The van der Waals surface area contributed by atoms with Crippen molar-refractivity contribution in [3.8, 4) is 86.2 Å². The second-order valence-corrected chi connectivity index (χ2v) is 15.7. The normalized spacial score (nSPS) is 23.6. The van der Waals surface area contributed by atoms with Gasteiger partial charge in [0.1, 0.15) is 70.1 Å². The van der Waals surface area contributed by atoms with E-state index in [9.17, 15) is 76.6 Å². The van der Waals surface area contributed by atoms with E-state index >= 15 is 0 Å². The van der Waals surface area contributed by atoms with Crippen LogP contribution in [0.5, 0.6) is 86.2 Å². The number of phenols is 12. The molecule has 0 radical (unpaired) electrons. The SMILES string of the molecule is Oc1cc(O)c2c(c1)O[C@H](c1ccc(O)c(O)c1)C(O)C2c1c(O)cc(O)c2c1O[C@H](c1ccc(O)c(O)c1)[C@H](O)C2c1c(O)cc(O)c2c1O[C@H](c1ccc(O)c(O)c1)[C@H](O)C2. The van der Waals surface area contributed by atoms with Crippen molar-refractivity contribution in [3.05, 3.63) is 123 Å². The Morgan fingerprint density at radius 3 is 1.29 bits per heavy atom. The summed E-state index contributed by atoms with van der Waals surface area (Å²) in [5.74, 6) is -11.5. The van der Waals surface area contributed by atoms with E-state index < -0.39 is 123 Å². The van der Waals surface area contributed by atoms with Gasteiger partial charge in [-0.3, -0.25) is 0 Å². The van der Waals surface area contributed by atoms with Crippen molar-refractivity contribution in [1.29, 1.82) is 0 Å². The first-order valence-corrected chi connectivity index (χ1v) is 19.3. The molecule has 9 rings (SSSR count). The van der Waals surface area contributed by atoms with Crippen LogP contribution in [0.15, 0.2) is 78.9 Å². The number of hydrogen-bond donors (Lipinski definition) is 15. The summed E-state index contributed by atoms with van der Waals surface area (Å²) in [6, 6.07) is 14.4. The van der Waals surface area contributed by atoms with Gasteiger partial charge in [-0.1, -0.05) is 18.2 Å². The number of hydrogen-bond acceptors (Lipinski definition) is 18. The summed E-state index contributed by atoms with van der Waals surface area (Å²) in [5.41, 5.74) is -1.10. The van der Waals surface area contributed by atoms with Gasteiger partial charge in [-0.15, -0.1) is 0 Å². The van der Waals surface area contributed by atoms with Crippen molar-refractivity contribution in [1.82, 2.24) is 0 Å². The quantitative estimate of drug-likeness (QED) is 0.106. The standard InChI is InChI=1S/C45H38O18/c46-18-10-27(54)33-32(11-18)61-42(16-2-5-21(48)25(52)8-16)39(59)37(33)35-29(56)14-30(57)36-38(40(60)43(63-45(35)36)17-3-6-22(49)26(53)9-17)34-28(55)13-23(50)19-12-31(58)41(62-44(19)34)15-1-4-20(47)24(51)7-15/h1-11,13-14,31,37-43,46-60H,12H2/t31-,37?,38?,39?,40-,41-,42-,43-/m1/s1. The Hall–Kier alpha value is -7.80. The third-order valence-corrected chi connectivity index (χ3v) is 11.8. The predicted octanol–water partition coefficient (Wildman–Crippen LogP) is 4.44. The minimum absolute atomic E-state index is 0.0127. The van der Waals surface area contributed by atoms with Crippen LogP contribution >= 0.6 is 0 Å². The van der Waals surface area contributed by atoms with Crippen LogP contribution in [0.25, 0.3) is 0 Å². The Labute approximate surface area is 354 Å². The highest BCUT2D eigenvalue weighted by atomic mass is 16.5. The third kappa shape index (κ3) is 6.46. The summed E-state index contributed by atoms with van der Waals surface area (Å²) >= 11 is 0. The van der Waals surface area contributed by atoms with Crippen LogP contribution in [0.2, 0.25) is 0 Å². The topological polar surface area (TPSA) is 331 Å². The Balaban J connectivity index is 1.31. The second kappa shape index (κ2) is 14.7. The monoisotopic (exact) mass is 866 g/mol. The summed E-state index contributed by atoms with van der Waals surface area (Å²) in [4.78, 5) is 0. The van der Waals surface area contributed by atoms with Gasteiger partial charge in [0.25, 0.3) is 0 Å². The number of phenolic OH excluding ortho intramolecular Hbond substituents is 12. The summed E-state index contributed by atoms with van der Waals surface area (Å²) in [7, 11) is 0. The number of benzene rings is 6. The summed E-state index contributed by atoms with van der Waals surface area (Å²) in [5, 5.41) is 166. The lowest BCUT2D eigenvalue weighted by atomic mass is 9.73. The third-order valence-electron chi connectivity index (χ3n) is 11.8. The molecule has 0 bridgehead atoms. The molecule has 0 saturated carbocycles. The van der Waals surface area contributed by atoms with Gasteiger partial charge in [0.2, 0.25) is 0 Å². The minimum atomic E-state index is -1.90. The summed E-state index contributed by atoms with van der Waals surface area (Å²) in [6.45, 7) is 0. The molecule has 0 aromatic heterocycles. The number of rotatable bonds is 5. The van der Waals surface area contributed by atoms with E-state index in [0.717, 1.165) is 60.7 Å². The number of fused-ring (bicyclic) bond motifs is 3. The number of aliphatic hydroxyl groups excluding tert-OH is 3. The predicted molar refractivity (Wildman–Crippen MR) is 214 cm³/mol. The molecule has 0 aliphatic carbocycles. The van der Waals surface area contributed by atoms with Crippen molar-refractivity contribution in [2.24, 2.45) is 0 Å². The summed E-state index contributed by atoms with van der Waals surface area (Å²) < 4.78 is 18.9. The fourth-order valence-electron chi connectivity index (χ4n) is 8.94. The molecule has 18 heteroatoms. The highest BCUT2D eigenvalue weighted by Gasteiger charge is 2.51. The Kier molecular flexibility index (Phi) is 9.46. The molecular formula is C45H38O18. The molecule has 63 heavy (non-hydrogen) atoms. The molecule has 18 nitrogen and oxygen atoms in total. The van der Waals surface area contributed by atoms with Gasteiger partial charge in [0.05, 0.1) is 17.9 Å². The molecule has 6 aromatic rings. The van der Waals surface area contributed by atoms with Gasteiger partial charge in [-0.2, -0.15) is 0 Å². The number of aliphatic hydroxyl groups is 3. The van der Waals surface area contributed by atoms with E-state index in [1.807, 2.05) is 0 Å². The van der Waals surface area contributed by atoms with Gasteiger partial charge >= 0.3 is 0 Å². The highest BCUT2D eigenvalue weighted by Crippen LogP contribution is 2.62. The van der Waals surface area contributed by atoms with Crippen LogP contribution in [0, 0.1) is 0 Å². The molecule has 15 N–H and O–H groups in total. The summed E-state index contributed by atoms with van der Waals surface area (Å²) in [6.07, 6.45) is -9.93. The zero-order valence-corrected chi connectivity index (χ0v) is 32.3. The molecule has 6 aromatic carbocycles. The Morgan fingerprint density at radius 2 is 0.778 bits per heavy atom. The average Bonchev–Trinajstić information content (AvgIpc) is 3.22. The molecule has 3 heterocycles. The van der Waals surface area contributed by atoms with Crippen molar-refractivity contribution in [3.63, 3.8) is 0 Å². The zero-order valence-electron chi connectivity index (χ0n) is 32.3.